The quantitative estimate of drug-likeness (QED) is 0.380. The maximum absolute atomic E-state index is 12.8. The van der Waals surface area contributed by atoms with E-state index in [9.17, 15) is 13.2 Å². The molecule has 2 N–H and O–H groups in total. The Hall–Kier alpha value is -3.63. The van der Waals surface area contributed by atoms with Crippen LogP contribution in [0.1, 0.15) is 20.3 Å². The Morgan fingerprint density at radius 1 is 1.03 bits per heavy atom. The van der Waals surface area contributed by atoms with E-state index in [1.54, 1.807) is 30.7 Å². The van der Waals surface area contributed by atoms with E-state index in [-0.39, 0.29) is 23.3 Å². The van der Waals surface area contributed by atoms with Gasteiger partial charge >= 0.3 is 0 Å². The number of anilines is 1. The van der Waals surface area contributed by atoms with Crippen LogP contribution in [-0.4, -0.2) is 40.4 Å². The monoisotopic (exact) mass is 478 g/mol. The Bertz CT molecular complexity index is 1380. The minimum Gasteiger partial charge on any atom is -0.326 e. The van der Waals surface area contributed by atoms with Crippen LogP contribution in [0.4, 0.5) is 5.69 Å². The van der Waals surface area contributed by atoms with Gasteiger partial charge in [0.15, 0.2) is 5.65 Å². The van der Waals surface area contributed by atoms with Crippen molar-refractivity contribution in [2.24, 2.45) is 5.92 Å². The average molecular weight is 479 g/mol. The predicted octanol–water partition coefficient (Wildman–Crippen LogP) is 3.46. The fourth-order valence-electron chi connectivity index (χ4n) is 3.57. The number of hydrogen-bond acceptors (Lipinski definition) is 6. The summed E-state index contributed by atoms with van der Waals surface area (Å²) in [5.74, 6) is 0.831. The second kappa shape index (κ2) is 10.1. The highest BCUT2D eigenvalue weighted by Crippen LogP contribution is 2.23. The number of carbonyl (C=O) groups is 1. The summed E-state index contributed by atoms with van der Waals surface area (Å²) in [4.78, 5) is 25.2. The van der Waals surface area contributed by atoms with Crippen LogP contribution in [0.5, 0.6) is 0 Å². The Morgan fingerprint density at radius 2 is 1.76 bits per heavy atom. The normalized spacial score (nSPS) is 11.7. The van der Waals surface area contributed by atoms with Crippen molar-refractivity contribution in [1.82, 2.24) is 24.2 Å². The van der Waals surface area contributed by atoms with Crippen LogP contribution >= 0.6 is 0 Å². The first-order valence-corrected chi connectivity index (χ1v) is 12.4. The van der Waals surface area contributed by atoms with E-state index < -0.39 is 10.0 Å². The van der Waals surface area contributed by atoms with E-state index in [1.165, 1.54) is 12.1 Å². The van der Waals surface area contributed by atoms with Crippen LogP contribution in [0.25, 0.3) is 22.6 Å². The molecule has 0 spiro atoms. The molecule has 10 heteroatoms. The molecule has 0 radical (unpaired) electrons. The fraction of sp³-hybridized carbons (Fsp3) is 0.250. The van der Waals surface area contributed by atoms with Gasteiger partial charge in [0.1, 0.15) is 11.3 Å². The lowest BCUT2D eigenvalue weighted by molar-refractivity contribution is -0.116. The van der Waals surface area contributed by atoms with E-state index in [0.29, 0.717) is 30.1 Å². The number of hydrogen-bond donors (Lipinski definition) is 2. The summed E-state index contributed by atoms with van der Waals surface area (Å²) in [5.41, 5.74) is 2.83. The molecule has 4 rings (SSSR count). The van der Waals surface area contributed by atoms with E-state index in [1.807, 2.05) is 42.7 Å². The van der Waals surface area contributed by atoms with Crippen LogP contribution in [0, 0.1) is 5.92 Å². The molecule has 0 aliphatic rings. The van der Waals surface area contributed by atoms with Crippen LogP contribution in [-0.2, 0) is 21.4 Å². The van der Waals surface area contributed by atoms with E-state index in [4.69, 9.17) is 0 Å². The zero-order valence-electron chi connectivity index (χ0n) is 19.0. The summed E-state index contributed by atoms with van der Waals surface area (Å²) in [5, 5.41) is 2.78. The van der Waals surface area contributed by atoms with Crippen molar-refractivity contribution in [2.75, 3.05) is 11.9 Å². The molecule has 0 unspecified atom stereocenters. The highest BCUT2D eigenvalue weighted by Gasteiger charge is 2.17. The molecule has 1 amide bonds. The van der Waals surface area contributed by atoms with Gasteiger partial charge in [-0.05, 0) is 54.4 Å². The van der Waals surface area contributed by atoms with Gasteiger partial charge in [0.2, 0.25) is 15.9 Å². The first kappa shape index (κ1) is 23.5. The standard InChI is InChI=1S/C24H26N6O3S/c1-17(2)16-22(31)28-19-5-7-20(8-6-19)34(32,33)27-14-15-30-23(18-9-12-25-13-10-18)29-21-4-3-11-26-24(21)30/h3-13,17,27H,14-16H2,1-2H3,(H,28,31). The molecular weight excluding hydrogens is 452 g/mol. The average Bonchev–Trinajstić information content (AvgIpc) is 3.18. The van der Waals surface area contributed by atoms with Crippen LogP contribution in [0.3, 0.4) is 0 Å². The molecule has 9 nitrogen and oxygen atoms in total. The van der Waals surface area contributed by atoms with Crippen molar-refractivity contribution in [3.63, 3.8) is 0 Å². The molecule has 0 atom stereocenters. The van der Waals surface area contributed by atoms with Crippen molar-refractivity contribution in [2.45, 2.75) is 31.7 Å². The topological polar surface area (TPSA) is 119 Å². The van der Waals surface area contributed by atoms with E-state index in [2.05, 4.69) is 25.0 Å². The van der Waals surface area contributed by atoms with Crippen molar-refractivity contribution < 1.29 is 13.2 Å². The summed E-state index contributed by atoms with van der Waals surface area (Å²) in [7, 11) is -3.74. The lowest BCUT2D eigenvalue weighted by atomic mass is 10.1. The van der Waals surface area contributed by atoms with Crippen molar-refractivity contribution in [3.05, 3.63) is 67.1 Å². The highest BCUT2D eigenvalue weighted by atomic mass is 32.2. The Labute approximate surface area is 198 Å². The number of imidazole rings is 1. The number of pyridine rings is 2. The number of fused-ring (bicyclic) bond motifs is 1. The predicted molar refractivity (Wildman–Crippen MR) is 130 cm³/mol. The van der Waals surface area contributed by atoms with Gasteiger partial charge in [0.05, 0.1) is 4.90 Å². The Morgan fingerprint density at radius 3 is 2.47 bits per heavy atom. The Balaban J connectivity index is 1.47. The summed E-state index contributed by atoms with van der Waals surface area (Å²) in [6.07, 6.45) is 5.46. The van der Waals surface area contributed by atoms with Gasteiger partial charge in [0, 0.05) is 49.4 Å². The molecule has 0 saturated carbocycles. The van der Waals surface area contributed by atoms with Crippen LogP contribution in [0.2, 0.25) is 0 Å². The number of aromatic nitrogens is 4. The first-order chi connectivity index (χ1) is 16.3. The summed E-state index contributed by atoms with van der Waals surface area (Å²) in [6, 6.07) is 13.5. The molecular formula is C24H26N6O3S. The largest absolute Gasteiger partial charge is 0.326 e. The van der Waals surface area contributed by atoms with Crippen LogP contribution in [0.15, 0.2) is 72.0 Å². The van der Waals surface area contributed by atoms with Crippen molar-refractivity contribution in [3.8, 4) is 11.4 Å². The molecule has 3 heterocycles. The van der Waals surface area contributed by atoms with E-state index >= 15 is 0 Å². The SMILES string of the molecule is CC(C)CC(=O)Nc1ccc(S(=O)(=O)NCCn2c(-c3ccncc3)nc3cccnc32)cc1. The third-order valence-electron chi connectivity index (χ3n) is 5.11. The Kier molecular flexibility index (Phi) is 6.99. The number of rotatable bonds is 9. The minimum absolute atomic E-state index is 0.102. The van der Waals surface area contributed by atoms with Gasteiger partial charge in [-0.25, -0.2) is 23.1 Å². The molecule has 0 aliphatic heterocycles. The summed E-state index contributed by atoms with van der Waals surface area (Å²) in [6.45, 7) is 4.41. The number of nitrogens with one attached hydrogen (secondary N) is 2. The molecule has 176 valence electrons. The molecule has 1 aromatic carbocycles. The molecule has 0 saturated heterocycles. The number of benzene rings is 1. The van der Waals surface area contributed by atoms with Crippen LogP contribution < -0.4 is 10.0 Å². The van der Waals surface area contributed by atoms with Gasteiger partial charge < -0.3 is 9.88 Å². The first-order valence-electron chi connectivity index (χ1n) is 10.9. The van der Waals surface area contributed by atoms with Gasteiger partial charge in [-0.15, -0.1) is 0 Å². The lowest BCUT2D eigenvalue weighted by Gasteiger charge is -2.11. The summed E-state index contributed by atoms with van der Waals surface area (Å²) < 4.78 is 30.2. The maximum atomic E-state index is 12.8. The van der Waals surface area contributed by atoms with Gasteiger partial charge in [-0.3, -0.25) is 9.78 Å². The second-order valence-electron chi connectivity index (χ2n) is 8.24. The smallest absolute Gasteiger partial charge is 0.240 e. The number of carbonyl (C=O) groups excluding carboxylic acids is 1. The molecule has 0 fully saturated rings. The third-order valence-corrected chi connectivity index (χ3v) is 6.59. The molecule has 34 heavy (non-hydrogen) atoms. The number of sulfonamides is 1. The second-order valence-corrected chi connectivity index (χ2v) is 10.0. The fourth-order valence-corrected chi connectivity index (χ4v) is 4.59. The van der Waals surface area contributed by atoms with Crippen molar-refractivity contribution >= 4 is 32.8 Å². The highest BCUT2D eigenvalue weighted by molar-refractivity contribution is 7.89. The third kappa shape index (κ3) is 5.46. The zero-order valence-corrected chi connectivity index (χ0v) is 19.8. The maximum Gasteiger partial charge on any atom is 0.240 e. The zero-order chi connectivity index (χ0) is 24.1. The number of amides is 1. The summed E-state index contributed by atoms with van der Waals surface area (Å²) >= 11 is 0. The molecule has 0 bridgehead atoms. The van der Waals surface area contributed by atoms with Gasteiger partial charge in [-0.2, -0.15) is 0 Å². The van der Waals surface area contributed by atoms with Crippen molar-refractivity contribution in [1.29, 1.82) is 0 Å². The molecule has 4 aromatic rings. The number of nitrogens with zero attached hydrogens (tertiary/aromatic N) is 4. The lowest BCUT2D eigenvalue weighted by Crippen LogP contribution is -2.27. The molecule has 0 aliphatic carbocycles. The van der Waals surface area contributed by atoms with Gasteiger partial charge in [0.25, 0.3) is 0 Å². The molecule has 3 aromatic heterocycles. The van der Waals surface area contributed by atoms with E-state index in [0.717, 1.165) is 11.1 Å². The minimum atomic E-state index is -3.74. The van der Waals surface area contributed by atoms with Gasteiger partial charge in [-0.1, -0.05) is 13.8 Å².